The van der Waals surface area contributed by atoms with Crippen LogP contribution in [0.5, 0.6) is 11.5 Å². The van der Waals surface area contributed by atoms with Crippen LogP contribution < -0.4 is 14.8 Å². The van der Waals surface area contributed by atoms with Gasteiger partial charge in [0.2, 0.25) is 5.91 Å². The number of halogens is 2. The highest BCUT2D eigenvalue weighted by molar-refractivity contribution is 7.14. The van der Waals surface area contributed by atoms with Crippen LogP contribution in [0.4, 0.5) is 13.9 Å². The molecule has 0 aliphatic rings. The van der Waals surface area contributed by atoms with Gasteiger partial charge in [-0.15, -0.1) is 11.3 Å². The van der Waals surface area contributed by atoms with Crippen LogP contribution in [0.1, 0.15) is 23.0 Å². The largest absolute Gasteiger partial charge is 0.493 e. The number of nitrogens with one attached hydrogen (secondary N) is 1. The van der Waals surface area contributed by atoms with Gasteiger partial charge in [0.1, 0.15) is 6.61 Å². The Bertz CT molecular complexity index is 766. The zero-order valence-electron chi connectivity index (χ0n) is 13.2. The van der Waals surface area contributed by atoms with Gasteiger partial charge in [-0.1, -0.05) is 6.07 Å². The summed E-state index contributed by atoms with van der Waals surface area (Å²) in [6.45, 7) is -1.76. The lowest BCUT2D eigenvalue weighted by Gasteiger charge is -2.11. The number of amides is 1. The van der Waals surface area contributed by atoms with Crippen molar-refractivity contribution < 1.29 is 32.6 Å². The quantitative estimate of drug-likeness (QED) is 0.752. The summed E-state index contributed by atoms with van der Waals surface area (Å²) >= 11 is 1.09. The van der Waals surface area contributed by atoms with Crippen LogP contribution in [-0.4, -0.2) is 30.6 Å². The van der Waals surface area contributed by atoms with Crippen molar-refractivity contribution in [1.29, 1.82) is 0 Å². The highest BCUT2D eigenvalue weighted by Gasteiger charge is 2.15. The zero-order chi connectivity index (χ0) is 18.4. The number of aromatic nitrogens is 1. The molecule has 0 unspecified atom stereocenters. The molecular weight excluding hydrogens is 358 g/mol. The van der Waals surface area contributed by atoms with Gasteiger partial charge in [-0.3, -0.25) is 4.79 Å². The number of anilines is 1. The Labute approximate surface area is 145 Å². The maximum Gasteiger partial charge on any atom is 0.387 e. The lowest BCUT2D eigenvalue weighted by Crippen LogP contribution is -2.08. The normalized spacial score (nSPS) is 10.4. The summed E-state index contributed by atoms with van der Waals surface area (Å²) < 4.78 is 38.9. The Balaban J connectivity index is 1.99. The number of esters is 1. The Kier molecular flexibility index (Phi) is 6.23. The smallest absolute Gasteiger partial charge is 0.387 e. The molecule has 0 aliphatic carbocycles. The summed E-state index contributed by atoms with van der Waals surface area (Å²) in [4.78, 5) is 26.8. The van der Waals surface area contributed by atoms with E-state index in [1.165, 1.54) is 37.6 Å². The fourth-order valence-electron chi connectivity index (χ4n) is 1.79. The van der Waals surface area contributed by atoms with Crippen molar-refractivity contribution in [3.05, 3.63) is 34.8 Å². The molecular formula is C15H14F2N2O5S. The molecule has 0 radical (unpaired) electrons. The molecule has 0 spiro atoms. The molecule has 0 atom stereocenters. The minimum absolute atomic E-state index is 0.0540. The van der Waals surface area contributed by atoms with E-state index in [9.17, 15) is 18.4 Å². The van der Waals surface area contributed by atoms with Gasteiger partial charge in [0.25, 0.3) is 0 Å². The van der Waals surface area contributed by atoms with Gasteiger partial charge < -0.3 is 19.5 Å². The van der Waals surface area contributed by atoms with Gasteiger partial charge in [0, 0.05) is 12.3 Å². The number of alkyl halides is 2. The maximum absolute atomic E-state index is 12.3. The molecule has 1 aromatic heterocycles. The third-order valence-corrected chi connectivity index (χ3v) is 3.57. The topological polar surface area (TPSA) is 86.8 Å². The average Bonchev–Trinajstić information content (AvgIpc) is 3.00. The molecule has 1 heterocycles. The molecule has 0 saturated carbocycles. The lowest BCUT2D eigenvalue weighted by atomic mass is 10.2. The average molecular weight is 372 g/mol. The Morgan fingerprint density at radius 1 is 1.32 bits per heavy atom. The Morgan fingerprint density at radius 3 is 2.72 bits per heavy atom. The number of hydrogen-bond acceptors (Lipinski definition) is 7. The van der Waals surface area contributed by atoms with Crippen LogP contribution in [0.2, 0.25) is 0 Å². The number of carbonyl (C=O) groups is 2. The first-order valence-corrected chi connectivity index (χ1v) is 7.79. The number of hydrogen-bond donors (Lipinski definition) is 1. The lowest BCUT2D eigenvalue weighted by molar-refractivity contribution is -0.114. The van der Waals surface area contributed by atoms with E-state index in [0.29, 0.717) is 5.56 Å². The first-order valence-electron chi connectivity index (χ1n) is 6.91. The maximum atomic E-state index is 12.3. The number of ether oxygens (including phenoxy) is 3. The molecule has 7 nitrogen and oxygen atoms in total. The summed E-state index contributed by atoms with van der Waals surface area (Å²) in [7, 11) is 1.31. The van der Waals surface area contributed by atoms with E-state index in [1.807, 2.05) is 0 Å². The molecule has 25 heavy (non-hydrogen) atoms. The van der Waals surface area contributed by atoms with E-state index in [2.05, 4.69) is 15.0 Å². The first-order chi connectivity index (χ1) is 11.9. The molecule has 0 aliphatic heterocycles. The van der Waals surface area contributed by atoms with Crippen LogP contribution in [0.15, 0.2) is 23.6 Å². The third-order valence-electron chi connectivity index (χ3n) is 2.81. The molecule has 10 heteroatoms. The van der Waals surface area contributed by atoms with Crippen LogP contribution >= 0.6 is 11.3 Å². The highest BCUT2D eigenvalue weighted by atomic mass is 32.1. The second-order valence-electron chi connectivity index (χ2n) is 4.66. The minimum Gasteiger partial charge on any atom is -0.493 e. The van der Waals surface area contributed by atoms with E-state index < -0.39 is 12.6 Å². The number of benzene rings is 1. The van der Waals surface area contributed by atoms with Gasteiger partial charge in [-0.05, 0) is 17.7 Å². The number of rotatable bonds is 7. The van der Waals surface area contributed by atoms with Gasteiger partial charge in [0.05, 0.1) is 7.11 Å². The highest BCUT2D eigenvalue weighted by Crippen LogP contribution is 2.29. The fourth-order valence-corrected chi connectivity index (χ4v) is 2.52. The summed E-state index contributed by atoms with van der Waals surface area (Å²) in [6.07, 6.45) is 0. The molecule has 0 fully saturated rings. The molecule has 1 N–H and O–H groups in total. The molecule has 0 bridgehead atoms. The van der Waals surface area contributed by atoms with Crippen LogP contribution in [0.25, 0.3) is 0 Å². The monoisotopic (exact) mass is 372 g/mol. The predicted molar refractivity (Wildman–Crippen MR) is 85.2 cm³/mol. The minimum atomic E-state index is -2.97. The van der Waals surface area contributed by atoms with Crippen LogP contribution in [-0.2, 0) is 16.1 Å². The van der Waals surface area contributed by atoms with Gasteiger partial charge in [-0.25, -0.2) is 9.78 Å². The second kappa shape index (κ2) is 8.38. The van der Waals surface area contributed by atoms with Crippen molar-refractivity contribution in [2.45, 2.75) is 20.1 Å². The van der Waals surface area contributed by atoms with Gasteiger partial charge in [0.15, 0.2) is 22.3 Å². The van der Waals surface area contributed by atoms with Crippen LogP contribution in [0.3, 0.4) is 0 Å². The van der Waals surface area contributed by atoms with E-state index in [4.69, 9.17) is 9.47 Å². The van der Waals surface area contributed by atoms with Crippen molar-refractivity contribution in [2.75, 3.05) is 12.4 Å². The first kappa shape index (κ1) is 18.6. The predicted octanol–water partition coefficient (Wildman–Crippen LogP) is 3.07. The van der Waals surface area contributed by atoms with Gasteiger partial charge in [-0.2, -0.15) is 8.78 Å². The molecule has 0 saturated heterocycles. The molecule has 1 aromatic carbocycles. The van der Waals surface area contributed by atoms with E-state index >= 15 is 0 Å². The van der Waals surface area contributed by atoms with Gasteiger partial charge >= 0.3 is 12.6 Å². The summed E-state index contributed by atoms with van der Waals surface area (Å²) in [5, 5.41) is 4.20. The van der Waals surface area contributed by atoms with Crippen molar-refractivity contribution in [3.8, 4) is 11.5 Å². The van der Waals surface area contributed by atoms with Crippen molar-refractivity contribution >= 4 is 28.3 Å². The number of thiazole rings is 1. The Morgan fingerprint density at radius 2 is 2.08 bits per heavy atom. The van der Waals surface area contributed by atoms with E-state index in [1.54, 1.807) is 0 Å². The van der Waals surface area contributed by atoms with Crippen molar-refractivity contribution in [2.24, 2.45) is 0 Å². The van der Waals surface area contributed by atoms with Crippen molar-refractivity contribution in [1.82, 2.24) is 4.98 Å². The van der Waals surface area contributed by atoms with Crippen molar-refractivity contribution in [3.63, 3.8) is 0 Å². The summed E-state index contributed by atoms with van der Waals surface area (Å²) in [5.74, 6) is -1.00. The standard InChI is InChI=1S/C15H14F2N2O5S/c1-8(20)18-15-19-10(7-25-15)13(21)23-6-9-3-4-11(24-14(16)17)12(5-9)22-2/h3-5,7,14H,6H2,1-2H3,(H,18,19,20). The second-order valence-corrected chi connectivity index (χ2v) is 5.52. The summed E-state index contributed by atoms with van der Waals surface area (Å²) in [5.41, 5.74) is 0.572. The number of carbonyl (C=O) groups excluding carboxylic acids is 2. The van der Waals surface area contributed by atoms with Crippen LogP contribution in [0, 0.1) is 0 Å². The van der Waals surface area contributed by atoms with E-state index in [-0.39, 0.29) is 34.8 Å². The fraction of sp³-hybridized carbons (Fsp3) is 0.267. The molecule has 2 rings (SSSR count). The third kappa shape index (κ3) is 5.38. The molecule has 134 valence electrons. The molecule has 1 amide bonds. The summed E-state index contributed by atoms with van der Waals surface area (Å²) in [6, 6.07) is 4.19. The van der Waals surface area contributed by atoms with E-state index in [0.717, 1.165) is 11.3 Å². The zero-order valence-corrected chi connectivity index (χ0v) is 14.1. The number of methoxy groups -OCH3 is 1. The Hall–Kier alpha value is -2.75. The molecule has 2 aromatic rings. The SMILES string of the molecule is COc1cc(COC(=O)c2csc(NC(C)=O)n2)ccc1OC(F)F. The number of nitrogens with zero attached hydrogens (tertiary/aromatic N) is 1.